The lowest BCUT2D eigenvalue weighted by molar-refractivity contribution is 0.169. The summed E-state index contributed by atoms with van der Waals surface area (Å²) in [7, 11) is 1.96. The van der Waals surface area contributed by atoms with E-state index >= 15 is 0 Å². The summed E-state index contributed by atoms with van der Waals surface area (Å²) in [5.74, 6) is 0. The van der Waals surface area contributed by atoms with Gasteiger partial charge in [-0.3, -0.25) is 0 Å². The van der Waals surface area contributed by atoms with Gasteiger partial charge in [-0.05, 0) is 26.7 Å². The van der Waals surface area contributed by atoms with Gasteiger partial charge in [-0.1, -0.05) is 11.6 Å². The highest BCUT2D eigenvalue weighted by Crippen LogP contribution is 2.36. The van der Waals surface area contributed by atoms with Gasteiger partial charge in [-0.2, -0.15) is 0 Å². The molecular weight excluding hydrogens is 174 g/mol. The first-order valence-electron chi connectivity index (χ1n) is 5.19. The van der Waals surface area contributed by atoms with E-state index in [1.54, 1.807) is 0 Å². The molecule has 1 atom stereocenters. The quantitative estimate of drug-likeness (QED) is 0.696. The molecule has 1 rings (SSSR count). The second kappa shape index (κ2) is 4.65. The van der Waals surface area contributed by atoms with E-state index in [1.165, 1.54) is 11.3 Å². The van der Waals surface area contributed by atoms with Gasteiger partial charge in [0.2, 0.25) is 0 Å². The van der Waals surface area contributed by atoms with Crippen LogP contribution < -0.4 is 5.32 Å². The van der Waals surface area contributed by atoms with Crippen molar-refractivity contribution < 1.29 is 4.74 Å². The van der Waals surface area contributed by atoms with Gasteiger partial charge in [-0.25, -0.2) is 0 Å². The highest BCUT2D eigenvalue weighted by atomic mass is 16.5. The topological polar surface area (TPSA) is 21.3 Å². The van der Waals surface area contributed by atoms with Crippen LogP contribution in [0.1, 0.15) is 26.7 Å². The summed E-state index contributed by atoms with van der Waals surface area (Å²) in [5, 5.41) is 3.18. The maximum absolute atomic E-state index is 5.45. The van der Waals surface area contributed by atoms with Gasteiger partial charge < -0.3 is 10.1 Å². The summed E-state index contributed by atoms with van der Waals surface area (Å²) < 4.78 is 5.45. The number of nitrogens with one attached hydrogen (secondary N) is 1. The summed E-state index contributed by atoms with van der Waals surface area (Å²) in [4.78, 5) is 0. The first-order chi connectivity index (χ1) is 6.63. The van der Waals surface area contributed by atoms with Crippen LogP contribution in [-0.4, -0.2) is 20.3 Å². The molecule has 14 heavy (non-hydrogen) atoms. The number of rotatable bonds is 4. The molecule has 1 aliphatic heterocycles. The molecule has 0 aromatic heterocycles. The van der Waals surface area contributed by atoms with E-state index in [0.717, 1.165) is 26.1 Å². The van der Waals surface area contributed by atoms with E-state index < -0.39 is 0 Å². The Bertz CT molecular complexity index is 237. The van der Waals surface area contributed by atoms with Crippen LogP contribution in [0.3, 0.4) is 0 Å². The number of allylic oxidation sites excluding steroid dienone is 2. The lowest BCUT2D eigenvalue weighted by Gasteiger charge is -2.24. The minimum Gasteiger partial charge on any atom is -0.392 e. The van der Waals surface area contributed by atoms with Crippen molar-refractivity contribution in [2.24, 2.45) is 5.41 Å². The van der Waals surface area contributed by atoms with E-state index in [-0.39, 0.29) is 5.41 Å². The highest BCUT2D eigenvalue weighted by Gasteiger charge is 2.31. The molecular formula is C12H21NO. The number of hydrogen-bond acceptors (Lipinski definition) is 2. The van der Waals surface area contributed by atoms with Crippen LogP contribution in [0.25, 0.3) is 0 Å². The predicted octanol–water partition coefficient (Wildman–Crippen LogP) is 2.48. The molecule has 80 valence electrons. The molecule has 0 spiro atoms. The SMILES string of the molecule is C=CC1(C/C(C)=C(/C)NC)CCOC1. The molecule has 1 N–H and O–H groups in total. The first kappa shape index (κ1) is 11.3. The van der Waals surface area contributed by atoms with Gasteiger partial charge in [0.1, 0.15) is 0 Å². The lowest BCUT2D eigenvalue weighted by Crippen LogP contribution is -2.19. The molecule has 0 aromatic carbocycles. The van der Waals surface area contributed by atoms with Crippen LogP contribution in [0.15, 0.2) is 23.9 Å². The molecule has 0 radical (unpaired) electrons. The second-order valence-electron chi connectivity index (χ2n) is 4.20. The molecule has 0 aromatic rings. The van der Waals surface area contributed by atoms with Crippen molar-refractivity contribution in [2.75, 3.05) is 20.3 Å². The largest absolute Gasteiger partial charge is 0.392 e. The molecule has 0 amide bonds. The van der Waals surface area contributed by atoms with Crippen LogP contribution >= 0.6 is 0 Å². The van der Waals surface area contributed by atoms with Crippen LogP contribution in [0.2, 0.25) is 0 Å². The van der Waals surface area contributed by atoms with Gasteiger partial charge in [0.05, 0.1) is 6.61 Å². The maximum Gasteiger partial charge on any atom is 0.0560 e. The van der Waals surface area contributed by atoms with Crippen molar-refractivity contribution >= 4 is 0 Å². The van der Waals surface area contributed by atoms with Gasteiger partial charge in [0.15, 0.2) is 0 Å². The average Bonchev–Trinajstić information content (AvgIpc) is 2.65. The Balaban J connectivity index is 2.70. The predicted molar refractivity (Wildman–Crippen MR) is 60.1 cm³/mol. The van der Waals surface area contributed by atoms with Crippen molar-refractivity contribution in [2.45, 2.75) is 26.7 Å². The smallest absolute Gasteiger partial charge is 0.0560 e. The van der Waals surface area contributed by atoms with Crippen molar-refractivity contribution in [3.8, 4) is 0 Å². The van der Waals surface area contributed by atoms with Gasteiger partial charge in [0.25, 0.3) is 0 Å². The first-order valence-corrected chi connectivity index (χ1v) is 5.19. The summed E-state index contributed by atoms with van der Waals surface area (Å²) in [6.07, 6.45) is 4.22. The summed E-state index contributed by atoms with van der Waals surface area (Å²) in [5.41, 5.74) is 2.85. The molecule has 2 nitrogen and oxygen atoms in total. The minimum atomic E-state index is 0.183. The van der Waals surface area contributed by atoms with Gasteiger partial charge in [0, 0.05) is 24.8 Å². The lowest BCUT2D eigenvalue weighted by atomic mass is 9.81. The standard InChI is InChI=1S/C12H21NO/c1-5-12(6-7-14-9-12)8-10(2)11(3)13-4/h5,13H,1,6-9H2,2-4H3/b11-10-. The fourth-order valence-corrected chi connectivity index (χ4v) is 1.87. The fourth-order valence-electron chi connectivity index (χ4n) is 1.87. The van der Waals surface area contributed by atoms with Crippen LogP contribution in [0, 0.1) is 5.41 Å². The van der Waals surface area contributed by atoms with Crippen molar-refractivity contribution in [1.82, 2.24) is 5.32 Å². The molecule has 1 heterocycles. The summed E-state index contributed by atoms with van der Waals surface area (Å²) in [6.45, 7) is 9.92. The minimum absolute atomic E-state index is 0.183. The van der Waals surface area contributed by atoms with Crippen molar-refractivity contribution in [1.29, 1.82) is 0 Å². The monoisotopic (exact) mass is 195 g/mol. The molecule has 1 fully saturated rings. The molecule has 1 saturated heterocycles. The highest BCUT2D eigenvalue weighted by molar-refractivity contribution is 5.14. The molecule has 1 unspecified atom stereocenters. The third-order valence-corrected chi connectivity index (χ3v) is 3.20. The Kier molecular flexibility index (Phi) is 3.76. The Labute approximate surface area is 87.0 Å². The van der Waals surface area contributed by atoms with E-state index in [9.17, 15) is 0 Å². The molecule has 0 aliphatic carbocycles. The van der Waals surface area contributed by atoms with Gasteiger partial charge >= 0.3 is 0 Å². The van der Waals surface area contributed by atoms with Crippen molar-refractivity contribution in [3.05, 3.63) is 23.9 Å². The number of hydrogen-bond donors (Lipinski definition) is 1. The Hall–Kier alpha value is -0.760. The molecule has 0 saturated carbocycles. The van der Waals surface area contributed by atoms with Crippen LogP contribution in [0.4, 0.5) is 0 Å². The van der Waals surface area contributed by atoms with Crippen molar-refractivity contribution in [3.63, 3.8) is 0 Å². The van der Waals surface area contributed by atoms with Crippen LogP contribution in [0.5, 0.6) is 0 Å². The zero-order valence-electron chi connectivity index (χ0n) is 9.52. The van der Waals surface area contributed by atoms with Crippen LogP contribution in [-0.2, 0) is 4.74 Å². The second-order valence-corrected chi connectivity index (χ2v) is 4.20. The third kappa shape index (κ3) is 2.38. The maximum atomic E-state index is 5.45. The van der Waals surface area contributed by atoms with E-state index in [2.05, 4.69) is 31.8 Å². The Morgan fingerprint density at radius 1 is 1.57 bits per heavy atom. The van der Waals surface area contributed by atoms with E-state index in [0.29, 0.717) is 0 Å². The summed E-state index contributed by atoms with van der Waals surface area (Å²) in [6, 6.07) is 0. The third-order valence-electron chi connectivity index (χ3n) is 3.20. The molecule has 1 aliphatic rings. The van der Waals surface area contributed by atoms with E-state index in [4.69, 9.17) is 4.74 Å². The zero-order valence-corrected chi connectivity index (χ0v) is 9.52. The zero-order chi connectivity index (χ0) is 10.6. The molecule has 2 heteroatoms. The Morgan fingerprint density at radius 2 is 2.29 bits per heavy atom. The molecule has 0 bridgehead atoms. The normalized spacial score (nSPS) is 28.5. The fraction of sp³-hybridized carbons (Fsp3) is 0.667. The number of ether oxygens (including phenoxy) is 1. The van der Waals surface area contributed by atoms with E-state index in [1.807, 2.05) is 7.05 Å². The Morgan fingerprint density at radius 3 is 2.71 bits per heavy atom. The average molecular weight is 195 g/mol. The summed E-state index contributed by atoms with van der Waals surface area (Å²) >= 11 is 0. The van der Waals surface area contributed by atoms with Gasteiger partial charge in [-0.15, -0.1) is 6.58 Å².